The summed E-state index contributed by atoms with van der Waals surface area (Å²) >= 11 is 0. The molecule has 2 aromatic heterocycles. The summed E-state index contributed by atoms with van der Waals surface area (Å²) in [5.74, 6) is 1.51. The van der Waals surface area contributed by atoms with Crippen molar-refractivity contribution in [3.63, 3.8) is 0 Å². The highest BCUT2D eigenvalue weighted by Gasteiger charge is 2.15. The van der Waals surface area contributed by atoms with Crippen LogP contribution in [0.3, 0.4) is 0 Å². The Kier molecular flexibility index (Phi) is 4.05. The highest BCUT2D eigenvalue weighted by molar-refractivity contribution is 5.71. The summed E-state index contributed by atoms with van der Waals surface area (Å²) in [6, 6.07) is 12.6. The Morgan fingerprint density at radius 2 is 1.95 bits per heavy atom. The van der Waals surface area contributed by atoms with Crippen LogP contribution < -0.4 is 0 Å². The molecule has 112 valence electrons. The first-order valence-corrected chi connectivity index (χ1v) is 7.73. The quantitative estimate of drug-likeness (QED) is 0.699. The van der Waals surface area contributed by atoms with Gasteiger partial charge in [0, 0.05) is 36.8 Å². The average Bonchev–Trinajstić information content (AvgIpc) is 3.00. The first kappa shape index (κ1) is 14.5. The molecule has 1 atom stereocenters. The van der Waals surface area contributed by atoms with Crippen molar-refractivity contribution in [2.75, 3.05) is 0 Å². The third kappa shape index (κ3) is 2.67. The van der Waals surface area contributed by atoms with Crippen molar-refractivity contribution in [2.24, 2.45) is 7.05 Å². The SMILES string of the molecule is CCC(C)c1ccc(-c2ccccn2)cc1-c1nccn1C. The lowest BCUT2D eigenvalue weighted by Gasteiger charge is -2.16. The fourth-order valence-electron chi connectivity index (χ4n) is 2.72. The van der Waals surface area contributed by atoms with Crippen molar-refractivity contribution < 1.29 is 0 Å². The minimum absolute atomic E-state index is 0.504. The zero-order valence-corrected chi connectivity index (χ0v) is 13.3. The Bertz CT molecular complexity index is 759. The van der Waals surface area contributed by atoms with Gasteiger partial charge in [0.2, 0.25) is 0 Å². The van der Waals surface area contributed by atoms with E-state index in [0.29, 0.717) is 5.92 Å². The van der Waals surface area contributed by atoms with E-state index < -0.39 is 0 Å². The highest BCUT2D eigenvalue weighted by Crippen LogP contribution is 2.33. The summed E-state index contributed by atoms with van der Waals surface area (Å²) in [5.41, 5.74) is 4.67. The number of pyridine rings is 1. The predicted octanol–water partition coefficient (Wildman–Crippen LogP) is 4.66. The molecule has 0 fully saturated rings. The molecule has 3 aromatic rings. The van der Waals surface area contributed by atoms with E-state index in [1.54, 1.807) is 0 Å². The van der Waals surface area contributed by atoms with E-state index in [1.165, 1.54) is 11.1 Å². The monoisotopic (exact) mass is 291 g/mol. The van der Waals surface area contributed by atoms with Gasteiger partial charge >= 0.3 is 0 Å². The molecule has 0 aliphatic heterocycles. The van der Waals surface area contributed by atoms with Gasteiger partial charge in [0.25, 0.3) is 0 Å². The Labute approximate surface area is 131 Å². The maximum absolute atomic E-state index is 4.54. The number of hydrogen-bond donors (Lipinski definition) is 0. The van der Waals surface area contributed by atoms with E-state index in [0.717, 1.165) is 23.5 Å². The van der Waals surface area contributed by atoms with Crippen LogP contribution in [-0.2, 0) is 7.05 Å². The van der Waals surface area contributed by atoms with Crippen LogP contribution in [0, 0.1) is 0 Å². The summed E-state index contributed by atoms with van der Waals surface area (Å²) in [4.78, 5) is 9.00. The van der Waals surface area contributed by atoms with Gasteiger partial charge in [0.15, 0.2) is 0 Å². The summed E-state index contributed by atoms with van der Waals surface area (Å²) < 4.78 is 2.07. The predicted molar refractivity (Wildman–Crippen MR) is 90.6 cm³/mol. The highest BCUT2D eigenvalue weighted by atomic mass is 15.0. The molecule has 0 bridgehead atoms. The van der Waals surface area contributed by atoms with Crippen LogP contribution in [0.4, 0.5) is 0 Å². The molecule has 0 spiro atoms. The van der Waals surface area contributed by atoms with E-state index in [4.69, 9.17) is 0 Å². The third-order valence-corrected chi connectivity index (χ3v) is 4.22. The lowest BCUT2D eigenvalue weighted by atomic mass is 9.91. The van der Waals surface area contributed by atoms with Crippen molar-refractivity contribution in [1.29, 1.82) is 0 Å². The fourth-order valence-corrected chi connectivity index (χ4v) is 2.72. The average molecular weight is 291 g/mol. The fraction of sp³-hybridized carbons (Fsp3) is 0.263. The molecule has 0 aliphatic carbocycles. The first-order valence-electron chi connectivity index (χ1n) is 7.73. The number of hydrogen-bond acceptors (Lipinski definition) is 2. The lowest BCUT2D eigenvalue weighted by molar-refractivity contribution is 0.733. The van der Waals surface area contributed by atoms with Crippen molar-refractivity contribution in [1.82, 2.24) is 14.5 Å². The van der Waals surface area contributed by atoms with Crippen molar-refractivity contribution in [3.05, 3.63) is 60.6 Å². The standard InChI is InChI=1S/C19H21N3/c1-4-14(2)16-9-8-15(18-7-5-6-10-20-18)13-17(16)19-21-11-12-22(19)3/h5-14H,4H2,1-3H3. The molecule has 1 unspecified atom stereocenters. The van der Waals surface area contributed by atoms with Crippen LogP contribution in [0.2, 0.25) is 0 Å². The second kappa shape index (κ2) is 6.14. The van der Waals surface area contributed by atoms with Gasteiger partial charge in [-0.1, -0.05) is 32.0 Å². The number of nitrogens with zero attached hydrogens (tertiary/aromatic N) is 3. The maximum atomic E-state index is 4.54. The molecule has 0 N–H and O–H groups in total. The second-order valence-electron chi connectivity index (χ2n) is 5.69. The van der Waals surface area contributed by atoms with Crippen molar-refractivity contribution in [3.8, 4) is 22.6 Å². The smallest absolute Gasteiger partial charge is 0.139 e. The van der Waals surface area contributed by atoms with Crippen LogP contribution in [-0.4, -0.2) is 14.5 Å². The third-order valence-electron chi connectivity index (χ3n) is 4.22. The molecular formula is C19H21N3. The van der Waals surface area contributed by atoms with Crippen LogP contribution in [0.1, 0.15) is 31.7 Å². The molecule has 22 heavy (non-hydrogen) atoms. The molecular weight excluding hydrogens is 270 g/mol. The minimum atomic E-state index is 0.504. The summed E-state index contributed by atoms with van der Waals surface area (Å²) in [7, 11) is 2.04. The topological polar surface area (TPSA) is 30.7 Å². The van der Waals surface area contributed by atoms with Crippen LogP contribution in [0.25, 0.3) is 22.6 Å². The molecule has 0 aliphatic rings. The molecule has 0 amide bonds. The Hall–Kier alpha value is -2.42. The largest absolute Gasteiger partial charge is 0.334 e. The van der Waals surface area contributed by atoms with E-state index >= 15 is 0 Å². The van der Waals surface area contributed by atoms with E-state index in [1.807, 2.05) is 43.8 Å². The van der Waals surface area contributed by atoms with E-state index in [2.05, 4.69) is 46.6 Å². The van der Waals surface area contributed by atoms with Crippen molar-refractivity contribution >= 4 is 0 Å². The molecule has 1 aromatic carbocycles. The van der Waals surface area contributed by atoms with Gasteiger partial charge in [-0.2, -0.15) is 0 Å². The number of aromatic nitrogens is 3. The molecule has 0 saturated carbocycles. The van der Waals surface area contributed by atoms with Gasteiger partial charge in [-0.15, -0.1) is 0 Å². The van der Waals surface area contributed by atoms with Crippen molar-refractivity contribution in [2.45, 2.75) is 26.2 Å². The van der Waals surface area contributed by atoms with Crippen LogP contribution in [0.5, 0.6) is 0 Å². The maximum Gasteiger partial charge on any atom is 0.139 e. The van der Waals surface area contributed by atoms with Crippen LogP contribution in [0.15, 0.2) is 55.0 Å². The number of imidazole rings is 1. The molecule has 3 rings (SSSR count). The Balaban J connectivity index is 2.17. The molecule has 0 saturated heterocycles. The summed E-state index contributed by atoms with van der Waals surface area (Å²) in [6.45, 7) is 4.49. The number of aryl methyl sites for hydroxylation is 1. The zero-order valence-electron chi connectivity index (χ0n) is 13.3. The number of benzene rings is 1. The van der Waals surface area contributed by atoms with Crippen LogP contribution >= 0.6 is 0 Å². The normalized spacial score (nSPS) is 12.3. The first-order chi connectivity index (χ1) is 10.7. The Morgan fingerprint density at radius 1 is 1.09 bits per heavy atom. The minimum Gasteiger partial charge on any atom is -0.334 e. The van der Waals surface area contributed by atoms with Gasteiger partial charge < -0.3 is 4.57 Å². The van der Waals surface area contributed by atoms with Gasteiger partial charge in [-0.05, 0) is 36.1 Å². The van der Waals surface area contributed by atoms with Gasteiger partial charge in [0.1, 0.15) is 5.82 Å². The second-order valence-corrected chi connectivity index (χ2v) is 5.69. The van der Waals surface area contributed by atoms with Gasteiger partial charge in [-0.3, -0.25) is 4.98 Å². The molecule has 0 radical (unpaired) electrons. The Morgan fingerprint density at radius 3 is 2.59 bits per heavy atom. The zero-order chi connectivity index (χ0) is 15.5. The number of rotatable bonds is 4. The van der Waals surface area contributed by atoms with Gasteiger partial charge in [-0.25, -0.2) is 4.98 Å². The summed E-state index contributed by atoms with van der Waals surface area (Å²) in [5, 5.41) is 0. The lowest BCUT2D eigenvalue weighted by Crippen LogP contribution is -2.00. The van der Waals surface area contributed by atoms with Gasteiger partial charge in [0.05, 0.1) is 5.69 Å². The van der Waals surface area contributed by atoms with E-state index in [-0.39, 0.29) is 0 Å². The summed E-state index contributed by atoms with van der Waals surface area (Å²) in [6.07, 6.45) is 6.78. The molecule has 2 heterocycles. The molecule has 3 nitrogen and oxygen atoms in total. The van der Waals surface area contributed by atoms with E-state index in [9.17, 15) is 0 Å². The molecule has 3 heteroatoms.